The molecule has 130 valence electrons. The van der Waals surface area contributed by atoms with Crippen molar-refractivity contribution in [3.05, 3.63) is 48.7 Å². The van der Waals surface area contributed by atoms with Gasteiger partial charge in [0.05, 0.1) is 11.2 Å². The average Bonchev–Trinajstić information content (AvgIpc) is 3.08. The van der Waals surface area contributed by atoms with Gasteiger partial charge in [-0.1, -0.05) is 30.3 Å². The Labute approximate surface area is 157 Å². The summed E-state index contributed by atoms with van der Waals surface area (Å²) >= 11 is 1.75. The van der Waals surface area contributed by atoms with Gasteiger partial charge < -0.3 is 9.31 Å². The summed E-state index contributed by atoms with van der Waals surface area (Å²) in [5.41, 5.74) is 0.408. The molecule has 0 saturated carbocycles. The van der Waals surface area contributed by atoms with Crippen LogP contribution in [0.5, 0.6) is 0 Å². The normalized spacial score (nSPS) is 19.0. The zero-order valence-corrected chi connectivity index (χ0v) is 16.2. The molecule has 5 rings (SSSR count). The molecule has 0 N–H and O–H groups in total. The van der Waals surface area contributed by atoms with Crippen molar-refractivity contribution < 1.29 is 9.31 Å². The first-order valence-electron chi connectivity index (χ1n) is 8.92. The molecule has 0 unspecified atom stereocenters. The summed E-state index contributed by atoms with van der Waals surface area (Å²) in [7, 11) is -0.353. The van der Waals surface area contributed by atoms with Gasteiger partial charge in [-0.15, -0.1) is 11.3 Å². The van der Waals surface area contributed by atoms with E-state index in [0.717, 1.165) is 10.3 Å². The third-order valence-electron chi connectivity index (χ3n) is 5.81. The summed E-state index contributed by atoms with van der Waals surface area (Å²) < 4.78 is 13.9. The van der Waals surface area contributed by atoms with E-state index in [0.29, 0.717) is 0 Å². The van der Waals surface area contributed by atoms with Gasteiger partial charge in [0, 0.05) is 21.7 Å². The quantitative estimate of drug-likeness (QED) is 0.452. The third-order valence-corrected chi connectivity index (χ3v) is 6.98. The lowest BCUT2D eigenvalue weighted by molar-refractivity contribution is 0.00578. The molecular formula is C21H20BNO2S. The van der Waals surface area contributed by atoms with Gasteiger partial charge >= 0.3 is 7.12 Å². The first-order chi connectivity index (χ1) is 12.4. The predicted octanol–water partition coefficient (Wildman–Crippen LogP) is 4.90. The molecule has 5 heteroatoms. The zero-order chi connectivity index (χ0) is 18.1. The van der Waals surface area contributed by atoms with E-state index >= 15 is 0 Å². The Morgan fingerprint density at radius 2 is 1.46 bits per heavy atom. The lowest BCUT2D eigenvalue weighted by Gasteiger charge is -2.32. The minimum absolute atomic E-state index is 0.342. The lowest BCUT2D eigenvalue weighted by atomic mass is 9.76. The van der Waals surface area contributed by atoms with Crippen LogP contribution in [0.25, 0.3) is 31.1 Å². The van der Waals surface area contributed by atoms with Crippen molar-refractivity contribution in [2.75, 3.05) is 0 Å². The molecule has 0 atom stereocenters. The maximum absolute atomic E-state index is 6.30. The summed E-state index contributed by atoms with van der Waals surface area (Å²) in [4.78, 5) is 5.61. The van der Waals surface area contributed by atoms with Crippen molar-refractivity contribution in [3.63, 3.8) is 0 Å². The Balaban J connectivity index is 1.74. The van der Waals surface area contributed by atoms with Crippen molar-refractivity contribution >= 4 is 55.0 Å². The number of rotatable bonds is 1. The average molecular weight is 361 g/mol. The van der Waals surface area contributed by atoms with Crippen molar-refractivity contribution in [1.29, 1.82) is 0 Å². The summed E-state index contributed by atoms with van der Waals surface area (Å²) in [6, 6.07) is 14.9. The van der Waals surface area contributed by atoms with Gasteiger partial charge in [0.1, 0.15) is 4.83 Å². The standard InChI is InChI=1S/C21H20BNO2S/c1-20(2)21(3,4)25-22(24-20)17-9-5-7-14-13(17)10-11-15-16-8-6-12-23-19(16)26-18(14)15/h5-12H,1-4H3. The van der Waals surface area contributed by atoms with Crippen LogP contribution in [-0.4, -0.2) is 23.3 Å². The molecule has 1 fully saturated rings. The Morgan fingerprint density at radius 3 is 2.23 bits per heavy atom. The van der Waals surface area contributed by atoms with Gasteiger partial charge in [0.15, 0.2) is 0 Å². The van der Waals surface area contributed by atoms with Gasteiger partial charge in [-0.2, -0.15) is 0 Å². The van der Waals surface area contributed by atoms with Crippen molar-refractivity contribution in [2.45, 2.75) is 38.9 Å². The topological polar surface area (TPSA) is 31.4 Å². The Bertz CT molecular complexity index is 1150. The first-order valence-corrected chi connectivity index (χ1v) is 9.73. The maximum atomic E-state index is 6.30. The second-order valence-corrected chi connectivity index (χ2v) is 8.93. The summed E-state index contributed by atoms with van der Waals surface area (Å²) in [6.45, 7) is 8.37. The van der Waals surface area contributed by atoms with Crippen LogP contribution in [0.2, 0.25) is 0 Å². The number of hydrogen-bond acceptors (Lipinski definition) is 4. The molecule has 3 heterocycles. The third kappa shape index (κ3) is 2.17. The van der Waals surface area contributed by atoms with Crippen LogP contribution in [0, 0.1) is 0 Å². The van der Waals surface area contributed by atoms with Gasteiger partial charge in [-0.3, -0.25) is 0 Å². The van der Waals surface area contributed by atoms with Crippen molar-refractivity contribution in [2.24, 2.45) is 0 Å². The minimum Gasteiger partial charge on any atom is -0.399 e. The number of thiophene rings is 1. The predicted molar refractivity (Wildman–Crippen MR) is 110 cm³/mol. The van der Waals surface area contributed by atoms with E-state index in [9.17, 15) is 0 Å². The molecular weight excluding hydrogens is 341 g/mol. The maximum Gasteiger partial charge on any atom is 0.495 e. The molecule has 1 aliphatic rings. The summed E-state index contributed by atoms with van der Waals surface area (Å²) in [6.07, 6.45) is 1.86. The lowest BCUT2D eigenvalue weighted by Crippen LogP contribution is -2.41. The fourth-order valence-corrected chi connectivity index (χ4v) is 4.80. The molecule has 0 bridgehead atoms. The van der Waals surface area contributed by atoms with E-state index in [2.05, 4.69) is 69.1 Å². The van der Waals surface area contributed by atoms with Crippen LogP contribution in [0.15, 0.2) is 48.7 Å². The zero-order valence-electron chi connectivity index (χ0n) is 15.4. The molecule has 0 aliphatic carbocycles. The van der Waals surface area contributed by atoms with Gasteiger partial charge in [-0.25, -0.2) is 4.98 Å². The highest BCUT2D eigenvalue weighted by molar-refractivity contribution is 7.26. The van der Waals surface area contributed by atoms with E-state index < -0.39 is 0 Å². The first kappa shape index (κ1) is 16.2. The second kappa shape index (κ2) is 5.29. The summed E-state index contributed by atoms with van der Waals surface area (Å²) in [5.74, 6) is 0. The molecule has 0 amide bonds. The van der Waals surface area contributed by atoms with Crippen LogP contribution in [0.1, 0.15) is 27.7 Å². The van der Waals surface area contributed by atoms with Gasteiger partial charge in [0.2, 0.25) is 0 Å². The van der Waals surface area contributed by atoms with Crippen LogP contribution in [0.4, 0.5) is 0 Å². The number of fused-ring (bicyclic) bond motifs is 5. The largest absolute Gasteiger partial charge is 0.495 e. The van der Waals surface area contributed by atoms with Crippen LogP contribution in [0.3, 0.4) is 0 Å². The number of aromatic nitrogens is 1. The van der Waals surface area contributed by atoms with E-state index in [4.69, 9.17) is 9.31 Å². The summed E-state index contributed by atoms with van der Waals surface area (Å²) in [5, 5.41) is 4.90. The smallest absolute Gasteiger partial charge is 0.399 e. The van der Waals surface area contributed by atoms with Gasteiger partial charge in [0.25, 0.3) is 0 Å². The second-order valence-electron chi connectivity index (χ2n) is 7.93. The highest BCUT2D eigenvalue weighted by Gasteiger charge is 2.52. The number of pyridine rings is 1. The Morgan fingerprint density at radius 1 is 0.808 bits per heavy atom. The Hall–Kier alpha value is -1.95. The molecule has 0 radical (unpaired) electrons. The molecule has 3 nitrogen and oxygen atoms in total. The van der Waals surface area contributed by atoms with E-state index in [1.807, 2.05) is 12.3 Å². The fraction of sp³-hybridized carbons (Fsp3) is 0.286. The molecule has 0 spiro atoms. The molecule has 26 heavy (non-hydrogen) atoms. The van der Waals surface area contributed by atoms with Crippen molar-refractivity contribution in [3.8, 4) is 0 Å². The Kier molecular flexibility index (Phi) is 3.30. The number of nitrogens with zero attached hydrogens (tertiary/aromatic N) is 1. The number of benzene rings is 2. The highest BCUT2D eigenvalue weighted by atomic mass is 32.1. The molecule has 1 aliphatic heterocycles. The fourth-order valence-electron chi connectivity index (χ4n) is 3.63. The van der Waals surface area contributed by atoms with E-state index in [1.165, 1.54) is 26.2 Å². The highest BCUT2D eigenvalue weighted by Crippen LogP contribution is 2.39. The molecule has 2 aromatic carbocycles. The van der Waals surface area contributed by atoms with E-state index in [1.54, 1.807) is 11.3 Å². The van der Waals surface area contributed by atoms with Crippen LogP contribution >= 0.6 is 11.3 Å². The SMILES string of the molecule is CC1(C)OB(c2cccc3c2ccc2c4cccnc4sc32)OC1(C)C. The molecule has 1 saturated heterocycles. The van der Waals surface area contributed by atoms with Crippen molar-refractivity contribution in [1.82, 2.24) is 4.98 Å². The van der Waals surface area contributed by atoms with Gasteiger partial charge in [-0.05, 0) is 56.1 Å². The van der Waals surface area contributed by atoms with E-state index in [-0.39, 0.29) is 18.3 Å². The van der Waals surface area contributed by atoms with Crippen LogP contribution < -0.4 is 5.46 Å². The minimum atomic E-state index is -0.353. The molecule has 4 aromatic rings. The monoisotopic (exact) mass is 361 g/mol. The molecule has 2 aromatic heterocycles. The van der Waals surface area contributed by atoms with Crippen LogP contribution in [-0.2, 0) is 9.31 Å². The number of hydrogen-bond donors (Lipinski definition) is 0.